The summed E-state index contributed by atoms with van der Waals surface area (Å²) in [4.78, 5) is 56.1. The predicted molar refractivity (Wildman–Crippen MR) is 205 cm³/mol. The highest BCUT2D eigenvalue weighted by atomic mass is 32.2. The molecule has 1 aliphatic carbocycles. The van der Waals surface area contributed by atoms with Crippen molar-refractivity contribution in [3.63, 3.8) is 0 Å². The minimum absolute atomic E-state index is 0.107. The molecular formula is C39H43N3O5S3. The molecule has 0 bridgehead atoms. The lowest BCUT2D eigenvalue weighted by atomic mass is 9.72. The Morgan fingerprint density at radius 1 is 1.00 bits per heavy atom. The summed E-state index contributed by atoms with van der Waals surface area (Å²) in [6.07, 6.45) is 4.82. The zero-order chi connectivity index (χ0) is 35.8. The van der Waals surface area contributed by atoms with Gasteiger partial charge in [0.25, 0.3) is 11.8 Å². The smallest absolute Gasteiger partial charge is 0.341 e. The van der Waals surface area contributed by atoms with Gasteiger partial charge in [-0.15, -0.1) is 34.4 Å². The van der Waals surface area contributed by atoms with E-state index in [4.69, 9.17) is 4.74 Å². The van der Waals surface area contributed by atoms with Crippen molar-refractivity contribution in [2.24, 2.45) is 11.3 Å². The number of amides is 3. The van der Waals surface area contributed by atoms with E-state index < -0.39 is 23.0 Å². The number of carbonyl (C=O) groups excluding carboxylic acids is 4. The number of fused-ring (bicyclic) bond motifs is 1. The quantitative estimate of drug-likeness (QED) is 0.0762. The molecular weight excluding hydrogens is 687 g/mol. The van der Waals surface area contributed by atoms with Crippen LogP contribution in [0.4, 0.5) is 10.7 Å². The molecule has 4 aromatic rings. The summed E-state index contributed by atoms with van der Waals surface area (Å²) in [5.41, 5.74) is 2.69. The second-order valence-corrected chi connectivity index (χ2v) is 16.5. The van der Waals surface area contributed by atoms with Crippen molar-refractivity contribution in [3.8, 4) is 0 Å². The number of ether oxygens (including phenoxy) is 1. The van der Waals surface area contributed by atoms with E-state index in [2.05, 4.69) is 36.7 Å². The van der Waals surface area contributed by atoms with Crippen LogP contribution < -0.4 is 16.0 Å². The van der Waals surface area contributed by atoms with Crippen LogP contribution in [0.3, 0.4) is 0 Å². The summed E-state index contributed by atoms with van der Waals surface area (Å²) in [5, 5.41) is 10.7. The van der Waals surface area contributed by atoms with Gasteiger partial charge < -0.3 is 20.7 Å². The van der Waals surface area contributed by atoms with E-state index in [1.807, 2.05) is 42.6 Å². The molecule has 2 atom stereocenters. The van der Waals surface area contributed by atoms with Crippen LogP contribution in [0.1, 0.15) is 83.5 Å². The Morgan fingerprint density at radius 3 is 2.46 bits per heavy atom. The van der Waals surface area contributed by atoms with Gasteiger partial charge >= 0.3 is 5.97 Å². The lowest BCUT2D eigenvalue weighted by molar-refractivity contribution is -0.116. The molecule has 2 aromatic carbocycles. The molecule has 0 fully saturated rings. The number of rotatable bonds is 12. The number of benzene rings is 2. The molecule has 0 aliphatic heterocycles. The van der Waals surface area contributed by atoms with Gasteiger partial charge in [-0.1, -0.05) is 58.0 Å². The summed E-state index contributed by atoms with van der Waals surface area (Å²) in [7, 11) is 0. The number of esters is 1. The highest BCUT2D eigenvalue weighted by Crippen LogP contribution is 2.45. The zero-order valence-electron chi connectivity index (χ0n) is 29.0. The molecule has 3 N–H and O–H groups in total. The SMILES string of the molecule is CCOC(=O)c1c(NC(=O)C(CC)Sc2cccc(NC(=O)/C(=C/c3cccs3)NC(=O)c3ccccc3)c2)sc2c1CCC(C(C)(C)C)C2. The van der Waals surface area contributed by atoms with Crippen molar-refractivity contribution in [1.82, 2.24) is 5.32 Å². The Kier molecular flexibility index (Phi) is 12.4. The van der Waals surface area contributed by atoms with Crippen LogP contribution in [0.25, 0.3) is 6.08 Å². The van der Waals surface area contributed by atoms with Crippen molar-refractivity contribution in [1.29, 1.82) is 0 Å². The molecule has 8 nitrogen and oxygen atoms in total. The number of hydrogen-bond acceptors (Lipinski definition) is 8. The van der Waals surface area contributed by atoms with E-state index in [-0.39, 0.29) is 23.6 Å². The van der Waals surface area contributed by atoms with E-state index in [0.29, 0.717) is 34.2 Å². The monoisotopic (exact) mass is 729 g/mol. The molecule has 2 heterocycles. The third-order valence-electron chi connectivity index (χ3n) is 8.60. The first-order chi connectivity index (χ1) is 24.0. The fourth-order valence-corrected chi connectivity index (χ4v) is 8.80. The third kappa shape index (κ3) is 9.32. The van der Waals surface area contributed by atoms with Crippen LogP contribution in [-0.2, 0) is 27.2 Å². The van der Waals surface area contributed by atoms with Crippen molar-refractivity contribution < 1.29 is 23.9 Å². The van der Waals surface area contributed by atoms with Crippen LogP contribution in [0, 0.1) is 11.3 Å². The van der Waals surface area contributed by atoms with Gasteiger partial charge in [-0.25, -0.2) is 4.79 Å². The molecule has 3 amide bonds. The lowest BCUT2D eigenvalue weighted by Gasteiger charge is -2.33. The van der Waals surface area contributed by atoms with E-state index in [1.54, 1.807) is 49.4 Å². The maximum Gasteiger partial charge on any atom is 0.341 e. The van der Waals surface area contributed by atoms with Gasteiger partial charge in [0.1, 0.15) is 10.7 Å². The Balaban J connectivity index is 1.31. The molecule has 11 heteroatoms. The van der Waals surface area contributed by atoms with Crippen LogP contribution in [0.2, 0.25) is 0 Å². The van der Waals surface area contributed by atoms with Gasteiger partial charge in [0, 0.05) is 25.9 Å². The Labute approximate surface area is 306 Å². The van der Waals surface area contributed by atoms with Crippen molar-refractivity contribution in [2.75, 3.05) is 17.2 Å². The number of hydrogen-bond donors (Lipinski definition) is 3. The fraction of sp³-hybridized carbons (Fsp3) is 0.333. The van der Waals surface area contributed by atoms with Crippen LogP contribution in [-0.4, -0.2) is 35.5 Å². The third-order valence-corrected chi connectivity index (χ3v) is 11.9. The van der Waals surface area contributed by atoms with E-state index >= 15 is 0 Å². The second kappa shape index (κ2) is 16.7. The normalized spacial score (nSPS) is 15.1. The second-order valence-electron chi connectivity index (χ2n) is 13.1. The summed E-state index contributed by atoms with van der Waals surface area (Å²) in [6.45, 7) is 10.7. The predicted octanol–water partition coefficient (Wildman–Crippen LogP) is 9.06. The largest absolute Gasteiger partial charge is 0.462 e. The number of nitrogens with one attached hydrogen (secondary N) is 3. The molecule has 0 radical (unpaired) electrons. The summed E-state index contributed by atoms with van der Waals surface area (Å²) in [5.74, 6) is -0.978. The number of thiophene rings is 2. The summed E-state index contributed by atoms with van der Waals surface area (Å²) < 4.78 is 5.44. The maximum absolute atomic E-state index is 13.7. The topological polar surface area (TPSA) is 114 Å². The van der Waals surface area contributed by atoms with Crippen molar-refractivity contribution >= 4 is 74.9 Å². The number of carbonyl (C=O) groups is 4. The Hall–Kier alpha value is -4.19. The average molecular weight is 730 g/mol. The molecule has 0 saturated heterocycles. The van der Waals surface area contributed by atoms with Gasteiger partial charge in [-0.05, 0) is 97.4 Å². The fourth-order valence-electron chi connectivity index (χ4n) is 5.81. The molecule has 262 valence electrons. The van der Waals surface area contributed by atoms with Crippen LogP contribution in [0.15, 0.2) is 82.7 Å². The molecule has 50 heavy (non-hydrogen) atoms. The molecule has 0 saturated carbocycles. The first-order valence-corrected chi connectivity index (χ1v) is 19.4. The summed E-state index contributed by atoms with van der Waals surface area (Å²) in [6, 6.07) is 19.7. The molecule has 0 spiro atoms. The molecule has 2 unspecified atom stereocenters. The lowest BCUT2D eigenvalue weighted by Crippen LogP contribution is -2.30. The van der Waals surface area contributed by atoms with Crippen molar-refractivity contribution in [3.05, 3.63) is 104 Å². The minimum Gasteiger partial charge on any atom is -0.462 e. The number of anilines is 2. The van der Waals surface area contributed by atoms with Crippen LogP contribution in [0.5, 0.6) is 0 Å². The standard InChI is InChI=1S/C39H43N3O5S3/c1-6-31(36(45)42-37-33(38(46)47-7-2)29-19-18-25(39(3,4)5)21-32(29)50-37)49-28-16-11-15-26(22-28)40-35(44)30(23-27-17-12-20-48-27)41-34(43)24-13-9-8-10-14-24/h8-17,20,22-23,25,31H,6-7,18-19,21H2,1-5H3,(H,40,44)(H,41,43)(H,42,45)/b30-23-. The molecule has 2 aromatic heterocycles. The van der Waals surface area contributed by atoms with Gasteiger partial charge in [0.05, 0.1) is 17.4 Å². The minimum atomic E-state index is -0.475. The Morgan fingerprint density at radius 2 is 1.78 bits per heavy atom. The average Bonchev–Trinajstić information content (AvgIpc) is 3.74. The van der Waals surface area contributed by atoms with E-state index in [1.165, 1.54) is 34.4 Å². The van der Waals surface area contributed by atoms with Crippen molar-refractivity contribution in [2.45, 2.75) is 70.4 Å². The van der Waals surface area contributed by atoms with Crippen LogP contribution >= 0.6 is 34.4 Å². The molecule has 5 rings (SSSR count). The van der Waals surface area contributed by atoms with E-state index in [0.717, 1.165) is 39.5 Å². The highest BCUT2D eigenvalue weighted by Gasteiger charge is 2.35. The maximum atomic E-state index is 13.7. The molecule has 1 aliphatic rings. The number of thioether (sulfide) groups is 1. The first-order valence-electron chi connectivity index (χ1n) is 16.8. The van der Waals surface area contributed by atoms with Gasteiger partial charge in [0.15, 0.2) is 0 Å². The van der Waals surface area contributed by atoms with Gasteiger partial charge in [-0.2, -0.15) is 0 Å². The van der Waals surface area contributed by atoms with E-state index in [9.17, 15) is 19.2 Å². The first kappa shape index (κ1) is 37.1. The van der Waals surface area contributed by atoms with Gasteiger partial charge in [0.2, 0.25) is 5.91 Å². The zero-order valence-corrected chi connectivity index (χ0v) is 31.4. The highest BCUT2D eigenvalue weighted by molar-refractivity contribution is 8.00. The Bertz CT molecular complexity index is 1860. The van der Waals surface area contributed by atoms with Gasteiger partial charge in [-0.3, -0.25) is 14.4 Å². The summed E-state index contributed by atoms with van der Waals surface area (Å²) >= 11 is 4.33.